The largest absolute Gasteiger partial charge is 0.332 e. The fourth-order valence-corrected chi connectivity index (χ4v) is 3.17. The van der Waals surface area contributed by atoms with Crippen LogP contribution in [0.25, 0.3) is 17.0 Å². The zero-order valence-corrected chi connectivity index (χ0v) is 16.7. The monoisotopic (exact) mass is 395 g/mol. The molecule has 2 aromatic carbocycles. The van der Waals surface area contributed by atoms with Crippen LogP contribution in [0.4, 0.5) is 0 Å². The molecule has 6 heteroatoms. The third-order valence-electron chi connectivity index (χ3n) is 4.32. The first-order valence-corrected chi connectivity index (χ1v) is 9.56. The van der Waals surface area contributed by atoms with Gasteiger partial charge in [0.25, 0.3) is 5.56 Å². The SMILES string of the molecule is CCCN(Cc1nc2cc(Cl)ccc2c(=O)[nH]1)C(=O)C=Cc1cccc(C)c1. The second-order valence-electron chi connectivity index (χ2n) is 6.68. The van der Waals surface area contributed by atoms with Crippen molar-refractivity contribution in [1.82, 2.24) is 14.9 Å². The van der Waals surface area contributed by atoms with Crippen LogP contribution < -0.4 is 5.56 Å². The summed E-state index contributed by atoms with van der Waals surface area (Å²) in [6.07, 6.45) is 4.16. The van der Waals surface area contributed by atoms with E-state index in [1.54, 1.807) is 35.3 Å². The highest BCUT2D eigenvalue weighted by Gasteiger charge is 2.13. The molecule has 28 heavy (non-hydrogen) atoms. The molecule has 0 atom stereocenters. The average molecular weight is 396 g/mol. The predicted octanol–water partition coefficient (Wildman–Crippen LogP) is 4.34. The van der Waals surface area contributed by atoms with Gasteiger partial charge in [-0.15, -0.1) is 0 Å². The quantitative estimate of drug-likeness (QED) is 0.631. The maximum Gasteiger partial charge on any atom is 0.258 e. The minimum atomic E-state index is -0.240. The summed E-state index contributed by atoms with van der Waals surface area (Å²) >= 11 is 6.01. The van der Waals surface area contributed by atoms with Gasteiger partial charge in [-0.1, -0.05) is 48.4 Å². The molecule has 0 radical (unpaired) electrons. The Morgan fingerprint density at radius 1 is 1.25 bits per heavy atom. The van der Waals surface area contributed by atoms with Crippen molar-refractivity contribution in [1.29, 1.82) is 0 Å². The van der Waals surface area contributed by atoms with Crippen molar-refractivity contribution in [2.24, 2.45) is 0 Å². The molecule has 0 unspecified atom stereocenters. The van der Waals surface area contributed by atoms with Crippen LogP contribution in [-0.2, 0) is 11.3 Å². The molecule has 1 N–H and O–H groups in total. The van der Waals surface area contributed by atoms with Crippen LogP contribution >= 0.6 is 11.6 Å². The summed E-state index contributed by atoms with van der Waals surface area (Å²) in [5.41, 5.74) is 2.38. The van der Waals surface area contributed by atoms with E-state index in [4.69, 9.17) is 11.6 Å². The van der Waals surface area contributed by atoms with Gasteiger partial charge in [-0.25, -0.2) is 4.98 Å². The smallest absolute Gasteiger partial charge is 0.258 e. The lowest BCUT2D eigenvalue weighted by molar-refractivity contribution is -0.126. The molecule has 3 aromatic rings. The second kappa shape index (κ2) is 8.85. The zero-order valence-electron chi connectivity index (χ0n) is 15.9. The molecule has 0 fully saturated rings. The van der Waals surface area contributed by atoms with Crippen molar-refractivity contribution in [2.45, 2.75) is 26.8 Å². The van der Waals surface area contributed by atoms with E-state index in [-0.39, 0.29) is 18.0 Å². The number of H-pyrrole nitrogens is 1. The molecule has 0 spiro atoms. The number of nitrogens with one attached hydrogen (secondary N) is 1. The molecule has 0 bridgehead atoms. The number of nitrogens with zero attached hydrogens (tertiary/aromatic N) is 2. The Morgan fingerprint density at radius 3 is 2.82 bits per heavy atom. The lowest BCUT2D eigenvalue weighted by atomic mass is 10.1. The number of benzene rings is 2. The van der Waals surface area contributed by atoms with Crippen LogP contribution in [0.3, 0.4) is 0 Å². The molecule has 1 amide bonds. The Hall–Kier alpha value is -2.92. The van der Waals surface area contributed by atoms with Gasteiger partial charge >= 0.3 is 0 Å². The lowest BCUT2D eigenvalue weighted by Crippen LogP contribution is -2.31. The topological polar surface area (TPSA) is 66.1 Å². The summed E-state index contributed by atoms with van der Waals surface area (Å²) in [6.45, 7) is 4.80. The molecule has 0 aliphatic carbocycles. The number of aromatic nitrogens is 2. The summed E-state index contributed by atoms with van der Waals surface area (Å²) < 4.78 is 0. The summed E-state index contributed by atoms with van der Waals surface area (Å²) in [5.74, 6) is 0.308. The van der Waals surface area contributed by atoms with E-state index in [1.165, 1.54) is 0 Å². The van der Waals surface area contributed by atoms with E-state index in [2.05, 4.69) is 9.97 Å². The van der Waals surface area contributed by atoms with E-state index in [0.29, 0.717) is 28.3 Å². The summed E-state index contributed by atoms with van der Waals surface area (Å²) in [7, 11) is 0. The number of aryl methyl sites for hydroxylation is 1. The fourth-order valence-electron chi connectivity index (χ4n) is 3.00. The van der Waals surface area contributed by atoms with Crippen molar-refractivity contribution >= 4 is 34.5 Å². The van der Waals surface area contributed by atoms with Crippen molar-refractivity contribution in [3.8, 4) is 0 Å². The van der Waals surface area contributed by atoms with Crippen LogP contribution in [0.1, 0.15) is 30.3 Å². The van der Waals surface area contributed by atoms with Crippen LogP contribution in [0.2, 0.25) is 5.02 Å². The van der Waals surface area contributed by atoms with Crippen molar-refractivity contribution in [2.75, 3.05) is 6.54 Å². The van der Waals surface area contributed by atoms with E-state index < -0.39 is 0 Å². The second-order valence-corrected chi connectivity index (χ2v) is 7.12. The number of carbonyl (C=O) groups is 1. The maximum absolute atomic E-state index is 12.7. The van der Waals surface area contributed by atoms with E-state index in [9.17, 15) is 9.59 Å². The number of fused-ring (bicyclic) bond motifs is 1. The number of aromatic amines is 1. The molecule has 0 saturated carbocycles. The van der Waals surface area contributed by atoms with E-state index >= 15 is 0 Å². The van der Waals surface area contributed by atoms with Gasteiger partial charge in [-0.3, -0.25) is 9.59 Å². The highest BCUT2D eigenvalue weighted by molar-refractivity contribution is 6.31. The zero-order chi connectivity index (χ0) is 20.1. The number of hydrogen-bond donors (Lipinski definition) is 1. The molecule has 0 aliphatic rings. The summed E-state index contributed by atoms with van der Waals surface area (Å²) in [5, 5.41) is 0.986. The molecule has 0 saturated heterocycles. The molecular formula is C22H22ClN3O2. The number of amides is 1. The van der Waals surface area contributed by atoms with E-state index in [0.717, 1.165) is 17.5 Å². The third kappa shape index (κ3) is 4.87. The molecule has 1 heterocycles. The minimum Gasteiger partial charge on any atom is -0.332 e. The Kier molecular flexibility index (Phi) is 6.26. The van der Waals surface area contributed by atoms with Crippen molar-refractivity contribution < 1.29 is 4.79 Å². The first kappa shape index (κ1) is 19.8. The number of hydrogen-bond acceptors (Lipinski definition) is 3. The van der Waals surface area contributed by atoms with E-state index in [1.807, 2.05) is 38.1 Å². The van der Waals surface area contributed by atoms with Crippen molar-refractivity contribution in [3.05, 3.63) is 80.9 Å². The van der Waals surface area contributed by atoms with Gasteiger partial charge in [0, 0.05) is 17.6 Å². The minimum absolute atomic E-state index is 0.128. The highest BCUT2D eigenvalue weighted by Crippen LogP contribution is 2.15. The third-order valence-corrected chi connectivity index (χ3v) is 4.56. The Labute approximate surface area is 168 Å². The fraction of sp³-hybridized carbons (Fsp3) is 0.227. The Morgan fingerprint density at radius 2 is 2.07 bits per heavy atom. The average Bonchev–Trinajstić information content (AvgIpc) is 2.65. The van der Waals surface area contributed by atoms with Crippen LogP contribution in [0.15, 0.2) is 53.3 Å². The molecule has 1 aromatic heterocycles. The molecule has 5 nitrogen and oxygen atoms in total. The number of carbonyl (C=O) groups excluding carboxylic acids is 1. The highest BCUT2D eigenvalue weighted by atomic mass is 35.5. The van der Waals surface area contributed by atoms with Gasteiger partial charge in [0.05, 0.1) is 17.4 Å². The van der Waals surface area contributed by atoms with Crippen molar-refractivity contribution in [3.63, 3.8) is 0 Å². The van der Waals surface area contributed by atoms with Gasteiger partial charge in [0.15, 0.2) is 0 Å². The molecule has 0 aliphatic heterocycles. The lowest BCUT2D eigenvalue weighted by Gasteiger charge is -2.20. The Bertz CT molecular complexity index is 1090. The predicted molar refractivity (Wildman–Crippen MR) is 113 cm³/mol. The van der Waals surface area contributed by atoms with Gasteiger partial charge in [-0.2, -0.15) is 0 Å². The molecule has 3 rings (SSSR count). The summed E-state index contributed by atoms with van der Waals surface area (Å²) in [6, 6.07) is 12.9. The van der Waals surface area contributed by atoms with Crippen LogP contribution in [0, 0.1) is 6.92 Å². The van der Waals surface area contributed by atoms with Crippen LogP contribution in [-0.4, -0.2) is 27.3 Å². The number of rotatable bonds is 6. The first-order valence-electron chi connectivity index (χ1n) is 9.18. The molecule has 144 valence electrons. The van der Waals surface area contributed by atoms with Gasteiger partial charge in [0.2, 0.25) is 5.91 Å². The number of halogens is 1. The van der Waals surface area contributed by atoms with Gasteiger partial charge in [-0.05, 0) is 43.2 Å². The maximum atomic E-state index is 12.7. The summed E-state index contributed by atoms with van der Waals surface area (Å²) in [4.78, 5) is 33.9. The molecular weight excluding hydrogens is 374 g/mol. The Balaban J connectivity index is 1.83. The normalized spacial score (nSPS) is 11.2. The first-order chi connectivity index (χ1) is 13.5. The van der Waals surface area contributed by atoms with Crippen LogP contribution in [0.5, 0.6) is 0 Å². The standard InChI is InChI=1S/C22H22ClN3O2/c1-3-11-26(21(27)10-7-16-6-4-5-15(2)12-16)14-20-24-19-13-17(23)8-9-18(19)22(28)25-20/h4-10,12-13H,3,11,14H2,1-2H3,(H,24,25,28). The van der Waals surface area contributed by atoms with Gasteiger partial charge in [0.1, 0.15) is 5.82 Å². The van der Waals surface area contributed by atoms with Gasteiger partial charge < -0.3 is 9.88 Å².